The fourth-order valence-electron chi connectivity index (χ4n) is 5.21. The fourth-order valence-corrected chi connectivity index (χ4v) is 5.21. The van der Waals surface area contributed by atoms with Gasteiger partial charge in [-0.25, -0.2) is 4.79 Å². The van der Waals surface area contributed by atoms with Crippen molar-refractivity contribution in [2.45, 2.75) is 84.3 Å². The number of hydrogen-bond acceptors (Lipinski definition) is 2. The first-order valence-corrected chi connectivity index (χ1v) is 10.1. The number of ether oxygens (including phenoxy) is 1. The molecule has 3 atom stereocenters. The Labute approximate surface area is 147 Å². The number of likely N-dealkylation sites (tertiary alicyclic amines) is 1. The van der Waals surface area contributed by atoms with Crippen molar-refractivity contribution in [2.75, 3.05) is 19.7 Å². The maximum absolute atomic E-state index is 12.8. The summed E-state index contributed by atoms with van der Waals surface area (Å²) in [7, 11) is 0. The van der Waals surface area contributed by atoms with Gasteiger partial charge < -0.3 is 15.0 Å². The van der Waals surface area contributed by atoms with Crippen molar-refractivity contribution < 1.29 is 9.53 Å². The summed E-state index contributed by atoms with van der Waals surface area (Å²) in [6.07, 6.45) is 10.2. The van der Waals surface area contributed by atoms with E-state index >= 15 is 0 Å². The van der Waals surface area contributed by atoms with Crippen LogP contribution in [0.5, 0.6) is 0 Å². The van der Waals surface area contributed by atoms with E-state index in [1.807, 2.05) is 0 Å². The number of amides is 2. The quantitative estimate of drug-likeness (QED) is 0.839. The monoisotopic (exact) mass is 336 g/mol. The fraction of sp³-hybridized carbons (Fsp3) is 0.950. The standard InChI is InChI=1S/C20H36N2O2/c1-20(2,3)18-16(10-7-13-24-18)14-21-19(23)22-12-6-11-17(22)15-8-4-5-9-15/h15-18H,4-14H2,1-3H3,(H,21,23)/t16-,17-,18+/m0/s1. The molecule has 0 radical (unpaired) electrons. The molecule has 138 valence electrons. The van der Waals surface area contributed by atoms with E-state index in [-0.39, 0.29) is 17.6 Å². The van der Waals surface area contributed by atoms with Gasteiger partial charge >= 0.3 is 6.03 Å². The highest BCUT2D eigenvalue weighted by atomic mass is 16.5. The second-order valence-corrected chi connectivity index (χ2v) is 9.19. The zero-order valence-corrected chi connectivity index (χ0v) is 15.9. The minimum Gasteiger partial charge on any atom is -0.377 e. The first-order valence-electron chi connectivity index (χ1n) is 10.1. The lowest BCUT2D eigenvalue weighted by atomic mass is 9.78. The lowest BCUT2D eigenvalue weighted by molar-refractivity contribution is -0.0839. The normalized spacial score (nSPS) is 32.3. The highest BCUT2D eigenvalue weighted by Gasteiger charge is 2.38. The number of rotatable bonds is 3. The highest BCUT2D eigenvalue weighted by Crippen LogP contribution is 2.36. The third-order valence-corrected chi connectivity index (χ3v) is 6.32. The van der Waals surface area contributed by atoms with Crippen LogP contribution in [0.1, 0.15) is 72.1 Å². The van der Waals surface area contributed by atoms with Crippen molar-refractivity contribution in [1.29, 1.82) is 0 Å². The lowest BCUT2D eigenvalue weighted by Gasteiger charge is -2.40. The number of carbonyl (C=O) groups excluding carboxylic acids is 1. The van der Waals surface area contributed by atoms with Crippen molar-refractivity contribution >= 4 is 6.03 Å². The van der Waals surface area contributed by atoms with Crippen LogP contribution in [0.15, 0.2) is 0 Å². The average Bonchev–Trinajstić information content (AvgIpc) is 3.22. The highest BCUT2D eigenvalue weighted by molar-refractivity contribution is 5.74. The molecule has 4 nitrogen and oxygen atoms in total. The number of hydrogen-bond donors (Lipinski definition) is 1. The lowest BCUT2D eigenvalue weighted by Crippen LogP contribution is -2.49. The molecule has 2 amide bonds. The first kappa shape index (κ1) is 18.0. The van der Waals surface area contributed by atoms with Crippen LogP contribution in [0.2, 0.25) is 0 Å². The molecule has 3 aliphatic rings. The van der Waals surface area contributed by atoms with Gasteiger partial charge in [0.25, 0.3) is 0 Å². The van der Waals surface area contributed by atoms with Crippen molar-refractivity contribution in [3.63, 3.8) is 0 Å². The van der Waals surface area contributed by atoms with Crippen LogP contribution < -0.4 is 5.32 Å². The Balaban J connectivity index is 1.54. The van der Waals surface area contributed by atoms with Crippen LogP contribution in [0.25, 0.3) is 0 Å². The maximum atomic E-state index is 12.8. The van der Waals surface area contributed by atoms with E-state index in [0.717, 1.165) is 38.5 Å². The van der Waals surface area contributed by atoms with Gasteiger partial charge in [-0.3, -0.25) is 0 Å². The summed E-state index contributed by atoms with van der Waals surface area (Å²) < 4.78 is 6.05. The number of urea groups is 1. The van der Waals surface area contributed by atoms with E-state index < -0.39 is 0 Å². The molecule has 0 aromatic carbocycles. The molecule has 2 heterocycles. The molecular formula is C20H36N2O2. The Morgan fingerprint density at radius 3 is 2.54 bits per heavy atom. The van der Waals surface area contributed by atoms with E-state index in [1.165, 1.54) is 38.5 Å². The molecule has 3 rings (SSSR count). The molecule has 2 aliphatic heterocycles. The molecule has 3 fully saturated rings. The number of nitrogens with zero attached hydrogens (tertiary/aromatic N) is 1. The summed E-state index contributed by atoms with van der Waals surface area (Å²) >= 11 is 0. The minimum absolute atomic E-state index is 0.135. The Morgan fingerprint density at radius 1 is 1.08 bits per heavy atom. The van der Waals surface area contributed by atoms with Gasteiger partial charge in [-0.1, -0.05) is 33.6 Å². The van der Waals surface area contributed by atoms with E-state index in [2.05, 4.69) is 31.0 Å². The Hall–Kier alpha value is -0.770. The maximum Gasteiger partial charge on any atom is 0.317 e. The molecular weight excluding hydrogens is 300 g/mol. The van der Waals surface area contributed by atoms with E-state index in [9.17, 15) is 4.79 Å². The van der Waals surface area contributed by atoms with E-state index in [0.29, 0.717) is 12.0 Å². The molecule has 1 aliphatic carbocycles. The van der Waals surface area contributed by atoms with Crippen molar-refractivity contribution in [3.8, 4) is 0 Å². The van der Waals surface area contributed by atoms with Crippen LogP contribution in [-0.2, 0) is 4.74 Å². The minimum atomic E-state index is 0.135. The van der Waals surface area contributed by atoms with E-state index in [4.69, 9.17) is 4.74 Å². The largest absolute Gasteiger partial charge is 0.377 e. The molecule has 4 heteroatoms. The second-order valence-electron chi connectivity index (χ2n) is 9.19. The van der Waals surface area contributed by atoms with Gasteiger partial charge in [0.05, 0.1) is 6.10 Å². The summed E-state index contributed by atoms with van der Waals surface area (Å²) in [5, 5.41) is 3.26. The Bertz CT molecular complexity index is 426. The van der Waals surface area contributed by atoms with Crippen LogP contribution >= 0.6 is 0 Å². The van der Waals surface area contributed by atoms with Crippen molar-refractivity contribution in [1.82, 2.24) is 10.2 Å². The topological polar surface area (TPSA) is 41.6 Å². The molecule has 0 aromatic heterocycles. The van der Waals surface area contributed by atoms with Crippen LogP contribution in [0.4, 0.5) is 4.79 Å². The van der Waals surface area contributed by atoms with Gasteiger partial charge in [-0.2, -0.15) is 0 Å². The van der Waals surface area contributed by atoms with Crippen molar-refractivity contribution in [3.05, 3.63) is 0 Å². The molecule has 2 saturated heterocycles. The van der Waals surface area contributed by atoms with Gasteiger partial charge in [-0.15, -0.1) is 0 Å². The zero-order valence-electron chi connectivity index (χ0n) is 15.9. The molecule has 1 N–H and O–H groups in total. The smallest absolute Gasteiger partial charge is 0.317 e. The van der Waals surface area contributed by atoms with E-state index in [1.54, 1.807) is 0 Å². The Kier molecular flexibility index (Phi) is 5.74. The molecule has 0 unspecified atom stereocenters. The van der Waals surface area contributed by atoms with Crippen LogP contribution in [0.3, 0.4) is 0 Å². The van der Waals surface area contributed by atoms with Gasteiger partial charge in [0.2, 0.25) is 0 Å². The van der Waals surface area contributed by atoms with Gasteiger partial charge in [0.15, 0.2) is 0 Å². The summed E-state index contributed by atoms with van der Waals surface area (Å²) in [6, 6.07) is 0.663. The SMILES string of the molecule is CC(C)(C)[C@@H]1OCCC[C@H]1CNC(=O)N1CCC[C@H]1C1CCCC1. The number of carbonyl (C=O) groups is 1. The zero-order chi connectivity index (χ0) is 17.2. The van der Waals surface area contributed by atoms with Crippen LogP contribution in [-0.4, -0.2) is 42.8 Å². The van der Waals surface area contributed by atoms with Crippen molar-refractivity contribution in [2.24, 2.45) is 17.3 Å². The van der Waals surface area contributed by atoms with Gasteiger partial charge in [0, 0.05) is 31.7 Å². The molecule has 0 spiro atoms. The number of nitrogens with one attached hydrogen (secondary N) is 1. The van der Waals surface area contributed by atoms with Gasteiger partial charge in [0.1, 0.15) is 0 Å². The second kappa shape index (κ2) is 7.63. The predicted molar refractivity (Wildman–Crippen MR) is 97.0 cm³/mol. The van der Waals surface area contributed by atoms with Gasteiger partial charge in [-0.05, 0) is 49.9 Å². The predicted octanol–water partition coefficient (Wildman–Crippen LogP) is 4.19. The molecule has 0 bridgehead atoms. The summed E-state index contributed by atoms with van der Waals surface area (Å²) in [6.45, 7) is 9.30. The molecule has 0 aromatic rings. The summed E-state index contributed by atoms with van der Waals surface area (Å²) in [4.78, 5) is 14.9. The molecule has 1 saturated carbocycles. The average molecular weight is 337 g/mol. The van der Waals surface area contributed by atoms with Crippen LogP contribution in [0, 0.1) is 17.3 Å². The molecule has 24 heavy (non-hydrogen) atoms. The third kappa shape index (κ3) is 4.07. The first-order chi connectivity index (χ1) is 11.5. The third-order valence-electron chi connectivity index (χ3n) is 6.32. The summed E-state index contributed by atoms with van der Waals surface area (Å²) in [5.41, 5.74) is 0.135. The Morgan fingerprint density at radius 2 is 1.83 bits per heavy atom. The summed E-state index contributed by atoms with van der Waals surface area (Å²) in [5.74, 6) is 1.19.